The summed E-state index contributed by atoms with van der Waals surface area (Å²) in [5.41, 5.74) is 5.83. The number of hydrogen-bond acceptors (Lipinski definition) is 2. The minimum atomic E-state index is -0.187. The van der Waals surface area contributed by atoms with Crippen LogP contribution in [0.5, 0.6) is 0 Å². The van der Waals surface area contributed by atoms with Gasteiger partial charge in [0.15, 0.2) is 0 Å². The average molecular weight is 281 g/mol. The number of nitriles is 1. The summed E-state index contributed by atoms with van der Waals surface area (Å²) in [6.07, 6.45) is 0. The molecular formula is C17H19N3O. The molecule has 0 aliphatic carbocycles. The van der Waals surface area contributed by atoms with Crippen LogP contribution < -0.4 is 5.32 Å². The largest absolute Gasteiger partial charge is 0.311 e. The van der Waals surface area contributed by atoms with Crippen molar-refractivity contribution in [3.8, 4) is 11.8 Å². The Morgan fingerprint density at radius 1 is 1.14 bits per heavy atom. The molecule has 2 aromatic rings. The van der Waals surface area contributed by atoms with Crippen LogP contribution in [0, 0.1) is 39.0 Å². The number of nitrogens with zero attached hydrogens (tertiary/aromatic N) is 2. The van der Waals surface area contributed by atoms with E-state index in [1.54, 1.807) is 6.07 Å². The van der Waals surface area contributed by atoms with Crippen molar-refractivity contribution in [2.75, 3.05) is 5.32 Å². The molecule has 1 heterocycles. The predicted molar refractivity (Wildman–Crippen MR) is 83.7 cm³/mol. The number of amides is 1. The van der Waals surface area contributed by atoms with Crippen LogP contribution in [-0.2, 0) is 4.79 Å². The third-order valence-corrected chi connectivity index (χ3v) is 3.46. The fraction of sp³-hybridized carbons (Fsp3) is 0.294. The molecule has 0 saturated heterocycles. The summed E-state index contributed by atoms with van der Waals surface area (Å²) in [7, 11) is 0. The number of carbonyl (C=O) groups excluding carboxylic acids is 1. The number of rotatable bonds is 2. The Kier molecular flexibility index (Phi) is 3.86. The third kappa shape index (κ3) is 2.68. The van der Waals surface area contributed by atoms with Crippen molar-refractivity contribution >= 4 is 11.7 Å². The first kappa shape index (κ1) is 14.9. The molecule has 1 aromatic heterocycles. The topological polar surface area (TPSA) is 57.8 Å². The Hall–Kier alpha value is -2.54. The number of carbonyl (C=O) groups is 1. The van der Waals surface area contributed by atoms with Gasteiger partial charge in [-0.05, 0) is 44.9 Å². The van der Waals surface area contributed by atoms with Gasteiger partial charge >= 0.3 is 0 Å². The molecule has 1 aromatic carbocycles. The molecule has 0 spiro atoms. The minimum Gasteiger partial charge on any atom is -0.311 e. The molecule has 0 radical (unpaired) electrons. The van der Waals surface area contributed by atoms with E-state index in [1.807, 2.05) is 25.3 Å². The first-order valence-electron chi connectivity index (χ1n) is 6.83. The van der Waals surface area contributed by atoms with Crippen molar-refractivity contribution in [3.05, 3.63) is 46.1 Å². The molecule has 0 unspecified atom stereocenters. The van der Waals surface area contributed by atoms with Gasteiger partial charge in [-0.2, -0.15) is 5.26 Å². The Bertz CT molecular complexity index is 740. The van der Waals surface area contributed by atoms with E-state index in [1.165, 1.54) is 12.5 Å². The van der Waals surface area contributed by atoms with Crippen molar-refractivity contribution in [2.45, 2.75) is 34.6 Å². The van der Waals surface area contributed by atoms with Crippen molar-refractivity contribution in [1.82, 2.24) is 4.57 Å². The van der Waals surface area contributed by atoms with E-state index in [-0.39, 0.29) is 5.91 Å². The fourth-order valence-corrected chi connectivity index (χ4v) is 2.83. The first-order valence-corrected chi connectivity index (χ1v) is 6.83. The second-order valence-corrected chi connectivity index (χ2v) is 5.42. The minimum absolute atomic E-state index is 0.187. The van der Waals surface area contributed by atoms with Gasteiger partial charge in [0.1, 0.15) is 11.9 Å². The highest BCUT2D eigenvalue weighted by atomic mass is 16.1. The van der Waals surface area contributed by atoms with E-state index in [2.05, 4.69) is 30.4 Å². The van der Waals surface area contributed by atoms with Crippen LogP contribution in [-0.4, -0.2) is 10.5 Å². The van der Waals surface area contributed by atoms with Crippen molar-refractivity contribution < 1.29 is 4.79 Å². The monoisotopic (exact) mass is 281 g/mol. The summed E-state index contributed by atoms with van der Waals surface area (Å²) in [4.78, 5) is 11.5. The number of anilines is 1. The van der Waals surface area contributed by atoms with E-state index in [9.17, 15) is 10.1 Å². The summed E-state index contributed by atoms with van der Waals surface area (Å²) >= 11 is 0. The number of nitrogens with one attached hydrogen (secondary N) is 1. The highest BCUT2D eigenvalue weighted by molar-refractivity contribution is 5.90. The highest BCUT2D eigenvalue weighted by Gasteiger charge is 2.18. The second-order valence-electron chi connectivity index (χ2n) is 5.42. The van der Waals surface area contributed by atoms with Crippen LogP contribution in [0.15, 0.2) is 18.2 Å². The van der Waals surface area contributed by atoms with Crippen LogP contribution >= 0.6 is 0 Å². The van der Waals surface area contributed by atoms with Gasteiger partial charge in [-0.15, -0.1) is 0 Å². The van der Waals surface area contributed by atoms with Gasteiger partial charge in [-0.3, -0.25) is 9.36 Å². The molecule has 0 atom stereocenters. The maximum Gasteiger partial charge on any atom is 0.222 e. The van der Waals surface area contributed by atoms with Crippen LogP contribution in [0.4, 0.5) is 5.82 Å². The van der Waals surface area contributed by atoms with E-state index in [0.29, 0.717) is 11.4 Å². The van der Waals surface area contributed by atoms with Gasteiger partial charge < -0.3 is 5.32 Å². The first-order chi connectivity index (χ1) is 9.85. The molecule has 0 saturated carbocycles. The SMILES string of the molecule is CC(=O)Nc1c(C#N)cc(C)n1-c1c(C)cc(C)cc1C. The van der Waals surface area contributed by atoms with Crippen LogP contribution in [0.25, 0.3) is 5.69 Å². The maximum atomic E-state index is 11.5. The van der Waals surface area contributed by atoms with Gasteiger partial charge in [0.2, 0.25) is 5.91 Å². The molecule has 0 fully saturated rings. The zero-order chi connectivity index (χ0) is 15.7. The Labute approximate surface area is 125 Å². The molecule has 21 heavy (non-hydrogen) atoms. The standard InChI is InChI=1S/C17H19N3O/c1-10-6-11(2)16(12(3)7-10)20-13(4)8-15(9-18)17(20)19-14(5)21/h6-8H,1-5H3,(H,19,21). The molecule has 1 amide bonds. The fourth-order valence-electron chi connectivity index (χ4n) is 2.83. The lowest BCUT2D eigenvalue weighted by molar-refractivity contribution is -0.114. The lowest BCUT2D eigenvalue weighted by Gasteiger charge is -2.18. The Morgan fingerprint density at radius 2 is 1.71 bits per heavy atom. The predicted octanol–water partition coefficient (Wildman–Crippen LogP) is 3.54. The van der Waals surface area contributed by atoms with Crippen LogP contribution in [0.2, 0.25) is 0 Å². The van der Waals surface area contributed by atoms with Crippen molar-refractivity contribution in [2.24, 2.45) is 0 Å². The molecule has 2 rings (SSSR count). The molecule has 0 aliphatic heterocycles. The molecule has 0 aliphatic rings. The maximum absolute atomic E-state index is 11.5. The van der Waals surface area contributed by atoms with Gasteiger partial charge in [-0.1, -0.05) is 17.7 Å². The summed E-state index contributed by atoms with van der Waals surface area (Å²) < 4.78 is 1.95. The normalized spacial score (nSPS) is 10.3. The van der Waals surface area contributed by atoms with Crippen molar-refractivity contribution in [1.29, 1.82) is 5.26 Å². The molecule has 4 heteroatoms. The molecule has 1 N–H and O–H groups in total. The summed E-state index contributed by atoms with van der Waals surface area (Å²) in [5.74, 6) is 0.353. The molecule has 0 bridgehead atoms. The van der Waals surface area contributed by atoms with E-state index in [4.69, 9.17) is 0 Å². The zero-order valence-corrected chi connectivity index (χ0v) is 13.0. The van der Waals surface area contributed by atoms with Gasteiger partial charge in [-0.25, -0.2) is 0 Å². The molecular weight excluding hydrogens is 262 g/mol. The van der Waals surface area contributed by atoms with E-state index >= 15 is 0 Å². The van der Waals surface area contributed by atoms with E-state index in [0.717, 1.165) is 22.5 Å². The average Bonchev–Trinajstić information content (AvgIpc) is 2.65. The second kappa shape index (κ2) is 5.45. The number of hydrogen-bond donors (Lipinski definition) is 1. The lowest BCUT2D eigenvalue weighted by Crippen LogP contribution is -2.13. The summed E-state index contributed by atoms with van der Waals surface area (Å²) in [6.45, 7) is 9.52. The number of aromatic nitrogens is 1. The van der Waals surface area contributed by atoms with Gasteiger partial charge in [0.25, 0.3) is 0 Å². The lowest BCUT2D eigenvalue weighted by atomic mass is 10.0. The Balaban J connectivity index is 2.78. The zero-order valence-electron chi connectivity index (χ0n) is 13.0. The Morgan fingerprint density at radius 3 is 2.19 bits per heavy atom. The number of benzene rings is 1. The van der Waals surface area contributed by atoms with Crippen LogP contribution in [0.3, 0.4) is 0 Å². The number of aryl methyl sites for hydroxylation is 4. The van der Waals surface area contributed by atoms with E-state index < -0.39 is 0 Å². The van der Waals surface area contributed by atoms with Crippen molar-refractivity contribution in [3.63, 3.8) is 0 Å². The van der Waals surface area contributed by atoms with Gasteiger partial charge in [0, 0.05) is 12.6 Å². The highest BCUT2D eigenvalue weighted by Crippen LogP contribution is 2.30. The third-order valence-electron chi connectivity index (χ3n) is 3.46. The summed E-state index contributed by atoms with van der Waals surface area (Å²) in [5, 5.41) is 12.1. The smallest absolute Gasteiger partial charge is 0.222 e. The molecule has 4 nitrogen and oxygen atoms in total. The van der Waals surface area contributed by atoms with Crippen LogP contribution in [0.1, 0.15) is 34.9 Å². The van der Waals surface area contributed by atoms with Gasteiger partial charge in [0.05, 0.1) is 11.3 Å². The summed E-state index contributed by atoms with van der Waals surface area (Å²) in [6, 6.07) is 8.15. The quantitative estimate of drug-likeness (QED) is 0.915. The molecule has 108 valence electrons.